The van der Waals surface area contributed by atoms with Crippen molar-refractivity contribution >= 4 is 11.7 Å². The zero-order valence-electron chi connectivity index (χ0n) is 16.4. The minimum atomic E-state index is -0.0249. The van der Waals surface area contributed by atoms with Crippen molar-refractivity contribution in [3.8, 4) is 5.75 Å². The summed E-state index contributed by atoms with van der Waals surface area (Å²) in [6.45, 7) is 8.59. The fourth-order valence-electron chi connectivity index (χ4n) is 3.46. The molecule has 0 radical (unpaired) electrons. The molecule has 6 nitrogen and oxygen atoms in total. The Labute approximate surface area is 160 Å². The lowest BCUT2D eigenvalue weighted by Gasteiger charge is -2.32. The molecule has 0 aliphatic carbocycles. The van der Waals surface area contributed by atoms with Gasteiger partial charge in [0.15, 0.2) is 5.82 Å². The van der Waals surface area contributed by atoms with Gasteiger partial charge < -0.3 is 15.0 Å². The molecule has 3 rings (SSSR count). The Hall–Kier alpha value is -2.63. The summed E-state index contributed by atoms with van der Waals surface area (Å²) in [6.07, 6.45) is 1.88. The van der Waals surface area contributed by atoms with Gasteiger partial charge >= 0.3 is 0 Å². The second-order valence-electron chi connectivity index (χ2n) is 7.28. The number of carbonyl (C=O) groups excluding carboxylic acids is 1. The first-order valence-corrected chi connectivity index (χ1v) is 9.55. The molecule has 1 amide bonds. The van der Waals surface area contributed by atoms with Gasteiger partial charge in [0.05, 0.1) is 18.2 Å². The third-order valence-electron chi connectivity index (χ3n) is 4.77. The van der Waals surface area contributed by atoms with Crippen molar-refractivity contribution in [2.45, 2.75) is 33.6 Å². The van der Waals surface area contributed by atoms with Gasteiger partial charge in [0.1, 0.15) is 12.4 Å². The molecule has 1 fully saturated rings. The average molecular weight is 368 g/mol. The third kappa shape index (κ3) is 5.42. The van der Waals surface area contributed by atoms with Gasteiger partial charge in [-0.2, -0.15) is 5.10 Å². The summed E-state index contributed by atoms with van der Waals surface area (Å²) in [5, 5.41) is 11.4. The molecule has 1 atom stereocenters. The largest absolute Gasteiger partial charge is 0.492 e. The first kappa shape index (κ1) is 19.1. The van der Waals surface area contributed by atoms with Crippen molar-refractivity contribution in [1.29, 1.82) is 0 Å². The number of nitrogens with zero attached hydrogens (tertiary/aromatic N) is 3. The van der Waals surface area contributed by atoms with Crippen LogP contribution in [0.1, 0.15) is 29.7 Å². The molecular formula is C21H28N4O2. The van der Waals surface area contributed by atoms with E-state index in [1.807, 2.05) is 31.2 Å². The number of nitrogens with one attached hydrogen (secondary N) is 1. The van der Waals surface area contributed by atoms with Gasteiger partial charge in [0, 0.05) is 13.1 Å². The van der Waals surface area contributed by atoms with Gasteiger partial charge in [-0.1, -0.05) is 6.07 Å². The molecule has 1 aromatic heterocycles. The number of piperidine rings is 1. The van der Waals surface area contributed by atoms with Crippen LogP contribution in [0.5, 0.6) is 5.75 Å². The number of hydrogen-bond acceptors (Lipinski definition) is 5. The van der Waals surface area contributed by atoms with Gasteiger partial charge in [-0.3, -0.25) is 4.79 Å². The molecule has 1 aromatic carbocycles. The number of amides is 1. The van der Waals surface area contributed by atoms with E-state index >= 15 is 0 Å². The Morgan fingerprint density at radius 2 is 1.96 bits per heavy atom. The molecule has 2 aromatic rings. The van der Waals surface area contributed by atoms with Crippen LogP contribution >= 0.6 is 0 Å². The molecule has 0 bridgehead atoms. The number of ether oxygens (including phenoxy) is 1. The molecule has 1 N–H and O–H groups in total. The van der Waals surface area contributed by atoms with Crippen LogP contribution in [0.4, 0.5) is 5.82 Å². The monoisotopic (exact) mass is 368 g/mol. The van der Waals surface area contributed by atoms with Crippen molar-refractivity contribution in [1.82, 2.24) is 15.5 Å². The lowest BCUT2D eigenvalue weighted by molar-refractivity contribution is -0.125. The Bertz CT molecular complexity index is 756. The molecule has 1 unspecified atom stereocenters. The maximum atomic E-state index is 12.5. The van der Waals surface area contributed by atoms with E-state index in [1.54, 1.807) is 0 Å². The van der Waals surface area contributed by atoms with Crippen molar-refractivity contribution in [2.75, 3.05) is 31.1 Å². The number of carbonyl (C=O) groups is 1. The lowest BCUT2D eigenvalue weighted by Crippen LogP contribution is -2.44. The summed E-state index contributed by atoms with van der Waals surface area (Å²) < 4.78 is 5.76. The zero-order chi connectivity index (χ0) is 19.2. The van der Waals surface area contributed by atoms with E-state index in [9.17, 15) is 4.79 Å². The standard InChI is InChI=1S/C21H28N4O2/c1-15-11-16(2)13-19(12-15)27-10-8-22-21(26)18-5-4-9-25(14-18)20-7-6-17(3)23-24-20/h6-7,11-13,18H,4-5,8-10,14H2,1-3H3,(H,22,26). The van der Waals surface area contributed by atoms with E-state index < -0.39 is 0 Å². The summed E-state index contributed by atoms with van der Waals surface area (Å²) in [5.74, 6) is 1.76. The molecule has 1 aliphatic rings. The van der Waals surface area contributed by atoms with E-state index in [2.05, 4.69) is 40.3 Å². The minimum Gasteiger partial charge on any atom is -0.492 e. The number of hydrogen-bond donors (Lipinski definition) is 1. The molecule has 1 aliphatic heterocycles. The Morgan fingerprint density at radius 1 is 1.19 bits per heavy atom. The van der Waals surface area contributed by atoms with Gasteiger partial charge in [0.2, 0.25) is 5.91 Å². The second kappa shape index (κ2) is 8.84. The van der Waals surface area contributed by atoms with Crippen molar-refractivity contribution in [3.63, 3.8) is 0 Å². The number of anilines is 1. The normalized spacial score (nSPS) is 16.9. The quantitative estimate of drug-likeness (QED) is 0.794. The number of rotatable bonds is 6. The van der Waals surface area contributed by atoms with Crippen LogP contribution in [0.2, 0.25) is 0 Å². The summed E-state index contributed by atoms with van der Waals surface area (Å²) in [7, 11) is 0. The van der Waals surface area contributed by atoms with Crippen molar-refractivity contribution in [3.05, 3.63) is 47.2 Å². The maximum Gasteiger partial charge on any atom is 0.225 e. The van der Waals surface area contributed by atoms with Gasteiger partial charge in [-0.05, 0) is 69.0 Å². The van der Waals surface area contributed by atoms with Crippen LogP contribution in [0.15, 0.2) is 30.3 Å². The maximum absolute atomic E-state index is 12.5. The predicted octanol–water partition coefficient (Wildman–Crippen LogP) is 2.81. The van der Waals surface area contributed by atoms with Crippen LogP contribution in [0.25, 0.3) is 0 Å². The number of aryl methyl sites for hydroxylation is 3. The van der Waals surface area contributed by atoms with E-state index in [1.165, 1.54) is 11.1 Å². The highest BCUT2D eigenvalue weighted by molar-refractivity contribution is 5.79. The topological polar surface area (TPSA) is 67.3 Å². The predicted molar refractivity (Wildman–Crippen MR) is 106 cm³/mol. The van der Waals surface area contributed by atoms with E-state index in [0.29, 0.717) is 19.7 Å². The van der Waals surface area contributed by atoms with Crippen LogP contribution in [-0.2, 0) is 4.79 Å². The molecule has 0 spiro atoms. The fraction of sp³-hybridized carbons (Fsp3) is 0.476. The molecule has 27 heavy (non-hydrogen) atoms. The van der Waals surface area contributed by atoms with E-state index in [4.69, 9.17) is 4.74 Å². The third-order valence-corrected chi connectivity index (χ3v) is 4.77. The smallest absolute Gasteiger partial charge is 0.225 e. The highest BCUT2D eigenvalue weighted by Crippen LogP contribution is 2.21. The SMILES string of the molecule is Cc1cc(C)cc(OCCNC(=O)C2CCCN(c3ccc(C)nn3)C2)c1. The average Bonchev–Trinajstić information content (AvgIpc) is 2.65. The Morgan fingerprint density at radius 3 is 2.67 bits per heavy atom. The number of benzene rings is 1. The van der Waals surface area contributed by atoms with Crippen molar-refractivity contribution < 1.29 is 9.53 Å². The van der Waals surface area contributed by atoms with Crippen LogP contribution in [0.3, 0.4) is 0 Å². The Balaban J connectivity index is 1.45. The molecule has 144 valence electrons. The first-order valence-electron chi connectivity index (χ1n) is 9.55. The molecular weight excluding hydrogens is 340 g/mol. The van der Waals surface area contributed by atoms with Crippen LogP contribution < -0.4 is 15.0 Å². The zero-order valence-corrected chi connectivity index (χ0v) is 16.4. The highest BCUT2D eigenvalue weighted by atomic mass is 16.5. The van der Waals surface area contributed by atoms with Crippen LogP contribution in [0, 0.1) is 26.7 Å². The van der Waals surface area contributed by atoms with E-state index in [-0.39, 0.29) is 11.8 Å². The summed E-state index contributed by atoms with van der Waals surface area (Å²) in [4.78, 5) is 14.7. The first-order chi connectivity index (χ1) is 13.0. The summed E-state index contributed by atoms with van der Waals surface area (Å²) in [5.41, 5.74) is 3.25. The van der Waals surface area contributed by atoms with Gasteiger partial charge in [-0.25, -0.2) is 0 Å². The Kier molecular flexibility index (Phi) is 6.27. The number of aromatic nitrogens is 2. The molecule has 2 heterocycles. The summed E-state index contributed by atoms with van der Waals surface area (Å²) >= 11 is 0. The second-order valence-corrected chi connectivity index (χ2v) is 7.28. The molecule has 6 heteroatoms. The molecule has 1 saturated heterocycles. The fourth-order valence-corrected chi connectivity index (χ4v) is 3.46. The van der Waals surface area contributed by atoms with Crippen molar-refractivity contribution in [2.24, 2.45) is 5.92 Å². The highest BCUT2D eigenvalue weighted by Gasteiger charge is 2.26. The van der Waals surface area contributed by atoms with Gasteiger partial charge in [0.25, 0.3) is 0 Å². The van der Waals surface area contributed by atoms with E-state index in [0.717, 1.165) is 36.6 Å². The van der Waals surface area contributed by atoms with Gasteiger partial charge in [-0.15, -0.1) is 5.10 Å². The lowest BCUT2D eigenvalue weighted by atomic mass is 9.97. The summed E-state index contributed by atoms with van der Waals surface area (Å²) in [6, 6.07) is 10.1. The molecule has 0 saturated carbocycles. The van der Waals surface area contributed by atoms with Crippen LogP contribution in [-0.4, -0.2) is 42.3 Å². The minimum absolute atomic E-state index is 0.0249.